The second-order valence-corrected chi connectivity index (χ2v) is 4.54. The summed E-state index contributed by atoms with van der Waals surface area (Å²) in [6.07, 6.45) is 3.07. The molecule has 6 heteroatoms. The van der Waals surface area contributed by atoms with Crippen LogP contribution in [0.25, 0.3) is 0 Å². The van der Waals surface area contributed by atoms with Crippen LogP contribution in [-0.2, 0) is 0 Å². The maximum Gasteiger partial charge on any atom is 0.275 e. The topological polar surface area (TPSA) is 91.2 Å². The first-order valence-corrected chi connectivity index (χ1v) is 6.80. The number of hydrazone groups is 1. The van der Waals surface area contributed by atoms with Gasteiger partial charge in [0.1, 0.15) is 23.9 Å². The van der Waals surface area contributed by atoms with Gasteiger partial charge in [-0.05, 0) is 24.3 Å². The molecule has 0 bridgehead atoms. The highest BCUT2D eigenvalue weighted by atomic mass is 16.5. The second kappa shape index (κ2) is 7.65. The lowest BCUT2D eigenvalue weighted by Gasteiger charge is -2.06. The lowest BCUT2D eigenvalue weighted by Crippen LogP contribution is -2.17. The van der Waals surface area contributed by atoms with E-state index >= 15 is 0 Å². The molecule has 0 saturated carbocycles. The van der Waals surface area contributed by atoms with Crippen LogP contribution in [0.15, 0.2) is 60.2 Å². The summed E-state index contributed by atoms with van der Waals surface area (Å²) in [5.41, 5.74) is 3.00. The summed E-state index contributed by atoms with van der Waals surface area (Å²) < 4.78 is 5.47. The van der Waals surface area contributed by atoms with Crippen molar-refractivity contribution >= 4 is 12.1 Å². The quantitative estimate of drug-likeness (QED) is 0.434. The largest absolute Gasteiger partial charge is 0.508 e. The van der Waals surface area contributed by atoms with Crippen LogP contribution in [0.2, 0.25) is 0 Å². The van der Waals surface area contributed by atoms with Crippen LogP contribution in [0.4, 0.5) is 0 Å². The molecule has 2 rings (SSSR count). The third-order valence-electron chi connectivity index (χ3n) is 2.87. The van der Waals surface area contributed by atoms with Gasteiger partial charge in [0.05, 0.1) is 11.8 Å². The minimum atomic E-state index is -0.594. The van der Waals surface area contributed by atoms with E-state index in [9.17, 15) is 15.0 Å². The minimum absolute atomic E-state index is 0.0103. The lowest BCUT2D eigenvalue weighted by atomic mass is 10.2. The van der Waals surface area contributed by atoms with Crippen LogP contribution in [-0.4, -0.2) is 28.9 Å². The highest BCUT2D eigenvalue weighted by Crippen LogP contribution is 2.22. The molecular formula is C17H16N2O4. The molecule has 0 aliphatic carbocycles. The number of carbonyl (C=O) groups is 1. The maximum absolute atomic E-state index is 11.9. The van der Waals surface area contributed by atoms with Gasteiger partial charge in [-0.2, -0.15) is 5.10 Å². The Hall–Kier alpha value is -3.28. The Labute approximate surface area is 133 Å². The molecule has 0 spiro atoms. The van der Waals surface area contributed by atoms with Gasteiger partial charge in [0, 0.05) is 11.6 Å². The summed E-state index contributed by atoms with van der Waals surface area (Å²) >= 11 is 0. The Kier molecular flexibility index (Phi) is 5.35. The average Bonchev–Trinajstić information content (AvgIpc) is 2.53. The van der Waals surface area contributed by atoms with Gasteiger partial charge < -0.3 is 14.9 Å². The predicted molar refractivity (Wildman–Crippen MR) is 87.0 cm³/mol. The summed E-state index contributed by atoms with van der Waals surface area (Å²) in [4.78, 5) is 11.9. The number of phenols is 2. The molecule has 0 aliphatic rings. The van der Waals surface area contributed by atoms with Crippen molar-refractivity contribution in [1.29, 1.82) is 0 Å². The van der Waals surface area contributed by atoms with Gasteiger partial charge in [-0.15, -0.1) is 0 Å². The number of carbonyl (C=O) groups excluding carboxylic acids is 1. The van der Waals surface area contributed by atoms with Gasteiger partial charge >= 0.3 is 0 Å². The SMILES string of the molecule is C=CCOc1ccccc1/C=N/NC(=O)c1ccc(O)cc1O. The monoisotopic (exact) mass is 312 g/mol. The number of amides is 1. The van der Waals surface area contributed by atoms with Crippen molar-refractivity contribution in [3.05, 3.63) is 66.2 Å². The van der Waals surface area contributed by atoms with Crippen molar-refractivity contribution in [2.24, 2.45) is 5.10 Å². The Morgan fingerprint density at radius 3 is 2.78 bits per heavy atom. The van der Waals surface area contributed by atoms with Gasteiger partial charge in [-0.1, -0.05) is 24.8 Å². The predicted octanol–water partition coefficient (Wildman–Crippen LogP) is 2.43. The Bertz CT molecular complexity index is 741. The van der Waals surface area contributed by atoms with Crippen molar-refractivity contribution < 1.29 is 19.7 Å². The molecule has 2 aromatic carbocycles. The molecule has 3 N–H and O–H groups in total. The summed E-state index contributed by atoms with van der Waals surface area (Å²) in [6.45, 7) is 3.94. The van der Waals surface area contributed by atoms with Gasteiger partial charge in [0.15, 0.2) is 0 Å². The average molecular weight is 312 g/mol. The standard InChI is InChI=1S/C17H16N2O4/c1-2-9-23-16-6-4-3-5-12(16)11-18-19-17(22)14-8-7-13(20)10-15(14)21/h2-8,10-11,20-21H,1,9H2,(H,19,22)/b18-11+. The molecule has 0 aromatic heterocycles. The highest BCUT2D eigenvalue weighted by Gasteiger charge is 2.10. The molecule has 0 atom stereocenters. The van der Waals surface area contributed by atoms with Crippen LogP contribution in [0, 0.1) is 0 Å². The van der Waals surface area contributed by atoms with E-state index in [0.717, 1.165) is 6.07 Å². The summed E-state index contributed by atoms with van der Waals surface area (Å²) in [7, 11) is 0. The fraction of sp³-hybridized carbons (Fsp3) is 0.0588. The Morgan fingerprint density at radius 2 is 2.04 bits per heavy atom. The number of aromatic hydroxyl groups is 2. The van der Waals surface area contributed by atoms with E-state index < -0.39 is 5.91 Å². The number of hydrogen-bond acceptors (Lipinski definition) is 5. The molecule has 0 saturated heterocycles. The number of benzene rings is 2. The van der Waals surface area contributed by atoms with Crippen LogP contribution in [0.1, 0.15) is 15.9 Å². The third-order valence-corrected chi connectivity index (χ3v) is 2.87. The number of para-hydroxylation sites is 1. The number of nitrogens with one attached hydrogen (secondary N) is 1. The van der Waals surface area contributed by atoms with Crippen molar-refractivity contribution in [3.8, 4) is 17.2 Å². The van der Waals surface area contributed by atoms with Gasteiger partial charge in [-0.25, -0.2) is 5.43 Å². The number of ether oxygens (including phenoxy) is 1. The van der Waals surface area contributed by atoms with E-state index in [-0.39, 0.29) is 17.1 Å². The number of phenolic OH excluding ortho intramolecular Hbond substituents is 2. The van der Waals surface area contributed by atoms with Crippen LogP contribution in [0.3, 0.4) is 0 Å². The molecule has 0 fully saturated rings. The zero-order valence-electron chi connectivity index (χ0n) is 12.3. The van der Waals surface area contributed by atoms with Crippen LogP contribution in [0.5, 0.6) is 17.2 Å². The summed E-state index contributed by atoms with van der Waals surface area (Å²) in [5.74, 6) is -0.440. The normalized spacial score (nSPS) is 10.4. The van der Waals surface area contributed by atoms with E-state index in [4.69, 9.17) is 4.74 Å². The van der Waals surface area contributed by atoms with Crippen molar-refractivity contribution in [2.45, 2.75) is 0 Å². The molecule has 118 valence electrons. The van der Waals surface area contributed by atoms with E-state index in [1.54, 1.807) is 18.2 Å². The van der Waals surface area contributed by atoms with Crippen LogP contribution < -0.4 is 10.2 Å². The first-order valence-electron chi connectivity index (χ1n) is 6.80. The molecule has 0 aliphatic heterocycles. The molecule has 0 radical (unpaired) electrons. The Morgan fingerprint density at radius 1 is 1.26 bits per heavy atom. The highest BCUT2D eigenvalue weighted by molar-refractivity contribution is 5.97. The van der Waals surface area contributed by atoms with Gasteiger partial charge in [0.2, 0.25) is 0 Å². The van der Waals surface area contributed by atoms with Crippen LogP contribution >= 0.6 is 0 Å². The van der Waals surface area contributed by atoms with Gasteiger partial charge in [0.25, 0.3) is 5.91 Å². The van der Waals surface area contributed by atoms with Crippen molar-refractivity contribution in [3.63, 3.8) is 0 Å². The summed E-state index contributed by atoms with van der Waals surface area (Å²) in [5, 5.41) is 22.7. The Balaban J connectivity index is 2.06. The molecule has 2 aromatic rings. The number of hydrogen-bond donors (Lipinski definition) is 3. The molecule has 0 unspecified atom stereocenters. The minimum Gasteiger partial charge on any atom is -0.508 e. The number of rotatable bonds is 6. The van der Waals surface area contributed by atoms with E-state index in [2.05, 4.69) is 17.1 Å². The zero-order chi connectivity index (χ0) is 16.7. The summed E-state index contributed by atoms with van der Waals surface area (Å²) in [6, 6.07) is 10.9. The smallest absolute Gasteiger partial charge is 0.275 e. The van der Waals surface area contributed by atoms with Gasteiger partial charge in [-0.3, -0.25) is 4.79 Å². The fourth-order valence-corrected chi connectivity index (χ4v) is 1.80. The van der Waals surface area contributed by atoms with Crippen molar-refractivity contribution in [1.82, 2.24) is 5.43 Å². The van der Waals surface area contributed by atoms with E-state index in [1.165, 1.54) is 18.3 Å². The molecular weight excluding hydrogens is 296 g/mol. The molecule has 1 amide bonds. The van der Waals surface area contributed by atoms with E-state index in [0.29, 0.717) is 17.9 Å². The first kappa shape index (κ1) is 16.1. The number of nitrogens with zero attached hydrogens (tertiary/aromatic N) is 1. The van der Waals surface area contributed by atoms with Crippen molar-refractivity contribution in [2.75, 3.05) is 6.61 Å². The molecule has 0 heterocycles. The first-order chi connectivity index (χ1) is 11.1. The third kappa shape index (κ3) is 4.34. The fourth-order valence-electron chi connectivity index (χ4n) is 1.80. The lowest BCUT2D eigenvalue weighted by molar-refractivity contribution is 0.0952. The molecule has 23 heavy (non-hydrogen) atoms. The zero-order valence-corrected chi connectivity index (χ0v) is 12.3. The molecule has 6 nitrogen and oxygen atoms in total. The maximum atomic E-state index is 11.9. The van der Waals surface area contributed by atoms with E-state index in [1.807, 2.05) is 12.1 Å². The second-order valence-electron chi connectivity index (χ2n) is 4.54.